The van der Waals surface area contributed by atoms with Gasteiger partial charge in [-0.15, -0.1) is 0 Å². The van der Waals surface area contributed by atoms with Crippen LogP contribution in [0.4, 0.5) is 5.69 Å². The van der Waals surface area contributed by atoms with Crippen LogP contribution in [-0.2, 0) is 11.3 Å². The average molecular weight is 234 g/mol. The van der Waals surface area contributed by atoms with Crippen LogP contribution in [0.5, 0.6) is 0 Å². The highest BCUT2D eigenvalue weighted by molar-refractivity contribution is 5.47. The Kier molecular flexibility index (Phi) is 3.69. The van der Waals surface area contributed by atoms with Gasteiger partial charge in [0.05, 0.1) is 6.10 Å². The molecule has 0 spiro atoms. The summed E-state index contributed by atoms with van der Waals surface area (Å²) in [6.45, 7) is 6.05. The summed E-state index contributed by atoms with van der Waals surface area (Å²) in [7, 11) is 2.17. The maximum atomic E-state index is 5.83. The van der Waals surface area contributed by atoms with E-state index in [2.05, 4.69) is 37.9 Å². The second-order valence-corrected chi connectivity index (χ2v) is 5.04. The largest absolute Gasteiger partial charge is 0.399 e. The lowest BCUT2D eigenvalue weighted by Gasteiger charge is -2.26. The van der Waals surface area contributed by atoms with Crippen molar-refractivity contribution in [1.82, 2.24) is 4.90 Å². The average Bonchev–Trinajstić information content (AvgIpc) is 2.70. The molecule has 2 rings (SSSR count). The number of nitrogens with zero attached hydrogens (tertiary/aromatic N) is 1. The van der Waals surface area contributed by atoms with Crippen molar-refractivity contribution in [3.05, 3.63) is 29.3 Å². The number of nitrogen functional groups attached to an aromatic ring is 1. The monoisotopic (exact) mass is 234 g/mol. The fraction of sp³-hybridized carbons (Fsp3) is 0.571. The molecule has 2 atom stereocenters. The lowest BCUT2D eigenvalue weighted by Crippen LogP contribution is -2.36. The zero-order valence-electron chi connectivity index (χ0n) is 10.9. The second kappa shape index (κ2) is 5.07. The van der Waals surface area contributed by atoms with E-state index in [1.54, 1.807) is 0 Å². The normalized spacial score (nSPS) is 24.5. The number of likely N-dealkylation sites (N-methyl/N-ethyl adjacent to an activating group) is 1. The number of hydrogen-bond donors (Lipinski definition) is 1. The summed E-state index contributed by atoms with van der Waals surface area (Å²) in [5.74, 6) is 0. The van der Waals surface area contributed by atoms with Crippen molar-refractivity contribution in [2.75, 3.05) is 19.4 Å². The highest BCUT2D eigenvalue weighted by Crippen LogP contribution is 2.21. The van der Waals surface area contributed by atoms with Crippen LogP contribution in [0.3, 0.4) is 0 Å². The number of benzene rings is 1. The molecule has 3 heteroatoms. The van der Waals surface area contributed by atoms with Crippen LogP contribution < -0.4 is 5.73 Å². The van der Waals surface area contributed by atoms with Crippen LogP contribution in [0, 0.1) is 6.92 Å². The molecule has 2 N–H and O–H groups in total. The van der Waals surface area contributed by atoms with Gasteiger partial charge >= 0.3 is 0 Å². The number of ether oxygens (including phenoxy) is 1. The van der Waals surface area contributed by atoms with Crippen LogP contribution in [0.2, 0.25) is 0 Å². The minimum Gasteiger partial charge on any atom is -0.399 e. The minimum atomic E-state index is 0.342. The molecular formula is C14H22N2O. The van der Waals surface area contributed by atoms with Gasteiger partial charge in [-0.05, 0) is 44.5 Å². The molecule has 0 saturated carbocycles. The van der Waals surface area contributed by atoms with Crippen molar-refractivity contribution in [2.24, 2.45) is 0 Å². The first kappa shape index (κ1) is 12.4. The van der Waals surface area contributed by atoms with Crippen molar-refractivity contribution in [1.29, 1.82) is 0 Å². The highest BCUT2D eigenvalue weighted by Gasteiger charge is 2.27. The highest BCUT2D eigenvalue weighted by atomic mass is 16.5. The topological polar surface area (TPSA) is 38.5 Å². The maximum Gasteiger partial charge on any atom is 0.0703 e. The van der Waals surface area contributed by atoms with Gasteiger partial charge in [-0.2, -0.15) is 0 Å². The molecule has 1 aromatic rings. The smallest absolute Gasteiger partial charge is 0.0703 e. The zero-order chi connectivity index (χ0) is 12.4. The van der Waals surface area contributed by atoms with Crippen LogP contribution in [0.1, 0.15) is 24.5 Å². The van der Waals surface area contributed by atoms with E-state index < -0.39 is 0 Å². The molecule has 3 nitrogen and oxygen atoms in total. The van der Waals surface area contributed by atoms with Crippen LogP contribution >= 0.6 is 0 Å². The van der Waals surface area contributed by atoms with Crippen molar-refractivity contribution < 1.29 is 4.74 Å². The molecule has 0 radical (unpaired) electrons. The molecule has 1 aliphatic rings. The van der Waals surface area contributed by atoms with Gasteiger partial charge in [-0.1, -0.05) is 12.1 Å². The first-order valence-corrected chi connectivity index (χ1v) is 6.25. The number of anilines is 1. The van der Waals surface area contributed by atoms with Gasteiger partial charge in [0.1, 0.15) is 0 Å². The Labute approximate surface area is 104 Å². The van der Waals surface area contributed by atoms with E-state index in [4.69, 9.17) is 10.5 Å². The fourth-order valence-corrected chi connectivity index (χ4v) is 2.54. The van der Waals surface area contributed by atoms with Crippen molar-refractivity contribution in [3.63, 3.8) is 0 Å². The van der Waals surface area contributed by atoms with Crippen LogP contribution in [0.15, 0.2) is 18.2 Å². The fourth-order valence-electron chi connectivity index (χ4n) is 2.54. The number of hydrogen-bond acceptors (Lipinski definition) is 3. The Morgan fingerprint density at radius 3 is 2.82 bits per heavy atom. The van der Waals surface area contributed by atoms with Gasteiger partial charge in [0.25, 0.3) is 0 Å². The van der Waals surface area contributed by atoms with Gasteiger partial charge in [0.15, 0.2) is 0 Å². The molecule has 0 aromatic heterocycles. The molecule has 1 fully saturated rings. The first-order valence-electron chi connectivity index (χ1n) is 6.25. The summed E-state index contributed by atoms with van der Waals surface area (Å²) in [4.78, 5) is 2.38. The molecule has 0 amide bonds. The SMILES string of the molecule is Cc1cc(CN(C)C2CCOC2C)ccc1N. The molecule has 1 saturated heterocycles. The lowest BCUT2D eigenvalue weighted by atomic mass is 10.1. The molecular weight excluding hydrogens is 212 g/mol. The van der Waals surface area contributed by atoms with E-state index >= 15 is 0 Å². The predicted octanol–water partition coefficient (Wildman–Crippen LogP) is 2.19. The van der Waals surface area contributed by atoms with E-state index in [-0.39, 0.29) is 0 Å². The van der Waals surface area contributed by atoms with E-state index in [9.17, 15) is 0 Å². The summed E-state index contributed by atoms with van der Waals surface area (Å²) >= 11 is 0. The third-order valence-corrected chi connectivity index (χ3v) is 3.67. The standard InChI is InChI=1S/C14H22N2O/c1-10-8-12(4-5-13(10)15)9-16(3)14-6-7-17-11(14)2/h4-5,8,11,14H,6-7,9,15H2,1-3H3. The van der Waals surface area contributed by atoms with Gasteiger partial charge < -0.3 is 10.5 Å². The molecule has 0 aliphatic carbocycles. The predicted molar refractivity (Wildman–Crippen MR) is 70.9 cm³/mol. The zero-order valence-corrected chi connectivity index (χ0v) is 10.9. The summed E-state index contributed by atoms with van der Waals surface area (Å²) in [5, 5.41) is 0. The van der Waals surface area contributed by atoms with Crippen molar-refractivity contribution in [2.45, 2.75) is 39.0 Å². The van der Waals surface area contributed by atoms with Crippen molar-refractivity contribution >= 4 is 5.69 Å². The second-order valence-electron chi connectivity index (χ2n) is 5.04. The van der Waals surface area contributed by atoms with Crippen LogP contribution in [-0.4, -0.2) is 30.7 Å². The Hall–Kier alpha value is -1.06. The van der Waals surface area contributed by atoms with E-state index in [0.29, 0.717) is 12.1 Å². The van der Waals surface area contributed by atoms with Crippen molar-refractivity contribution in [3.8, 4) is 0 Å². The summed E-state index contributed by atoms with van der Waals surface area (Å²) in [6.07, 6.45) is 1.47. The van der Waals surface area contributed by atoms with E-state index in [1.807, 2.05) is 6.07 Å². The lowest BCUT2D eigenvalue weighted by molar-refractivity contribution is 0.0814. The summed E-state index contributed by atoms with van der Waals surface area (Å²) in [5.41, 5.74) is 9.18. The number of nitrogens with two attached hydrogens (primary N) is 1. The Bertz CT molecular complexity index is 392. The first-order chi connectivity index (χ1) is 8.08. The quantitative estimate of drug-likeness (QED) is 0.815. The third kappa shape index (κ3) is 2.79. The molecule has 17 heavy (non-hydrogen) atoms. The van der Waals surface area contributed by atoms with Gasteiger partial charge in [0.2, 0.25) is 0 Å². The number of rotatable bonds is 3. The Morgan fingerprint density at radius 2 is 2.24 bits per heavy atom. The van der Waals surface area contributed by atoms with Crippen LogP contribution in [0.25, 0.3) is 0 Å². The van der Waals surface area contributed by atoms with Gasteiger partial charge in [-0.25, -0.2) is 0 Å². The Balaban J connectivity index is 2.02. The molecule has 2 unspecified atom stereocenters. The van der Waals surface area contributed by atoms with Gasteiger partial charge in [0, 0.05) is 24.9 Å². The summed E-state index contributed by atoms with van der Waals surface area (Å²) in [6, 6.07) is 6.81. The molecule has 94 valence electrons. The molecule has 0 bridgehead atoms. The number of aryl methyl sites for hydroxylation is 1. The summed E-state index contributed by atoms with van der Waals surface area (Å²) < 4.78 is 5.61. The Morgan fingerprint density at radius 1 is 1.47 bits per heavy atom. The molecule has 1 aliphatic heterocycles. The van der Waals surface area contributed by atoms with Gasteiger partial charge in [-0.3, -0.25) is 4.90 Å². The minimum absolute atomic E-state index is 0.342. The van der Waals surface area contributed by atoms with E-state index in [0.717, 1.165) is 30.8 Å². The van der Waals surface area contributed by atoms with E-state index in [1.165, 1.54) is 5.56 Å². The molecule has 1 aromatic carbocycles. The maximum absolute atomic E-state index is 5.83. The third-order valence-electron chi connectivity index (χ3n) is 3.67. The molecule has 1 heterocycles.